The van der Waals surface area contributed by atoms with E-state index in [9.17, 15) is 9.18 Å². The molecule has 146 valence electrons. The molecule has 1 fully saturated rings. The van der Waals surface area contributed by atoms with Gasteiger partial charge in [-0.3, -0.25) is 14.7 Å². The minimum Gasteiger partial charge on any atom is -0.357 e. The Labute approximate surface area is 163 Å². The Bertz CT molecular complexity index is 972. The van der Waals surface area contributed by atoms with Gasteiger partial charge in [-0.2, -0.15) is 0 Å². The number of halogens is 1. The Morgan fingerprint density at radius 3 is 3.07 bits per heavy atom. The Morgan fingerprint density at radius 2 is 2.25 bits per heavy atom. The number of amides is 1. The average molecular weight is 381 g/mol. The van der Waals surface area contributed by atoms with Crippen molar-refractivity contribution in [3.63, 3.8) is 0 Å². The number of hydrogen-bond acceptors (Lipinski definition) is 4. The molecule has 1 aliphatic rings. The van der Waals surface area contributed by atoms with Crippen molar-refractivity contribution in [1.82, 2.24) is 25.5 Å². The summed E-state index contributed by atoms with van der Waals surface area (Å²) in [5.74, 6) is -0.251. The van der Waals surface area contributed by atoms with Gasteiger partial charge >= 0.3 is 0 Å². The van der Waals surface area contributed by atoms with E-state index >= 15 is 0 Å². The molecule has 3 aromatic rings. The van der Waals surface area contributed by atoms with Crippen molar-refractivity contribution in [3.8, 4) is 0 Å². The van der Waals surface area contributed by atoms with E-state index in [0.29, 0.717) is 19.6 Å². The maximum Gasteiger partial charge on any atom is 0.238 e. The molecule has 3 N–H and O–H groups in total. The van der Waals surface area contributed by atoms with Crippen LogP contribution in [-0.4, -0.2) is 46.5 Å². The monoisotopic (exact) mass is 381 g/mol. The number of hydrogen-bond donors (Lipinski definition) is 3. The van der Waals surface area contributed by atoms with Crippen LogP contribution in [0.5, 0.6) is 0 Å². The number of fused-ring (bicyclic) bond motifs is 1. The number of pyridine rings is 1. The summed E-state index contributed by atoms with van der Waals surface area (Å²) in [7, 11) is 0. The van der Waals surface area contributed by atoms with Crippen LogP contribution >= 0.6 is 0 Å². The van der Waals surface area contributed by atoms with Gasteiger partial charge in [0.05, 0.1) is 18.3 Å². The van der Waals surface area contributed by atoms with Crippen LogP contribution < -0.4 is 10.6 Å². The molecular formula is C21H24FN5O. The van der Waals surface area contributed by atoms with Gasteiger partial charge in [0.15, 0.2) is 0 Å². The maximum absolute atomic E-state index is 13.5. The number of aromatic amines is 1. The van der Waals surface area contributed by atoms with E-state index in [0.717, 1.165) is 40.9 Å². The van der Waals surface area contributed by atoms with Crippen LogP contribution in [0, 0.1) is 12.7 Å². The lowest BCUT2D eigenvalue weighted by molar-refractivity contribution is -0.124. The predicted octanol–water partition coefficient (Wildman–Crippen LogP) is 2.10. The van der Waals surface area contributed by atoms with Gasteiger partial charge in [0.2, 0.25) is 5.91 Å². The molecule has 0 radical (unpaired) electrons. The topological polar surface area (TPSA) is 73.1 Å². The average Bonchev–Trinajstić information content (AvgIpc) is 3.02. The fourth-order valence-corrected chi connectivity index (χ4v) is 3.67. The molecule has 4 rings (SSSR count). The molecule has 3 heterocycles. The summed E-state index contributed by atoms with van der Waals surface area (Å²) >= 11 is 0. The third-order valence-corrected chi connectivity index (χ3v) is 5.25. The van der Waals surface area contributed by atoms with Crippen LogP contribution in [0.1, 0.15) is 17.0 Å². The third kappa shape index (κ3) is 4.05. The summed E-state index contributed by atoms with van der Waals surface area (Å²) in [6, 6.07) is 10.2. The molecule has 7 heteroatoms. The minimum absolute atomic E-state index is 0.0224. The van der Waals surface area contributed by atoms with Crippen molar-refractivity contribution < 1.29 is 9.18 Å². The molecule has 0 saturated carbocycles. The molecule has 1 aliphatic heterocycles. The molecule has 2 aromatic heterocycles. The molecule has 1 atom stereocenters. The van der Waals surface area contributed by atoms with Crippen molar-refractivity contribution >= 4 is 16.8 Å². The molecular weight excluding hydrogens is 357 g/mol. The zero-order valence-corrected chi connectivity index (χ0v) is 15.8. The number of H-pyrrole nitrogens is 1. The van der Waals surface area contributed by atoms with Crippen LogP contribution in [0.2, 0.25) is 0 Å². The van der Waals surface area contributed by atoms with Gasteiger partial charge in [0, 0.05) is 49.0 Å². The van der Waals surface area contributed by atoms with Gasteiger partial charge in [0.1, 0.15) is 5.82 Å². The molecule has 0 bridgehead atoms. The number of benzene rings is 1. The molecule has 28 heavy (non-hydrogen) atoms. The number of aryl methyl sites for hydroxylation is 1. The molecule has 0 spiro atoms. The lowest BCUT2D eigenvalue weighted by atomic mass is 10.1. The SMILES string of the molecule is Cc1c(CN2CCN[C@@H](C(=O)NCc3ccccn3)C2)[nH]c2ccc(F)cc12. The first-order valence-corrected chi connectivity index (χ1v) is 9.50. The number of rotatable bonds is 5. The second-order valence-corrected chi connectivity index (χ2v) is 7.20. The zero-order valence-electron chi connectivity index (χ0n) is 15.8. The summed E-state index contributed by atoms with van der Waals surface area (Å²) in [4.78, 5) is 22.4. The number of carbonyl (C=O) groups is 1. The van der Waals surface area contributed by atoms with Crippen molar-refractivity contribution in [2.24, 2.45) is 0 Å². The molecule has 6 nitrogen and oxygen atoms in total. The van der Waals surface area contributed by atoms with Gasteiger partial charge in [0.25, 0.3) is 0 Å². The highest BCUT2D eigenvalue weighted by Gasteiger charge is 2.26. The van der Waals surface area contributed by atoms with E-state index < -0.39 is 0 Å². The number of aromatic nitrogens is 2. The molecule has 1 saturated heterocycles. The largest absolute Gasteiger partial charge is 0.357 e. The number of piperazine rings is 1. The minimum atomic E-state index is -0.264. The van der Waals surface area contributed by atoms with Crippen LogP contribution in [0.4, 0.5) is 4.39 Å². The van der Waals surface area contributed by atoms with E-state index in [1.165, 1.54) is 6.07 Å². The number of nitrogens with one attached hydrogen (secondary N) is 3. The first-order valence-electron chi connectivity index (χ1n) is 9.50. The normalized spacial score (nSPS) is 17.7. The van der Waals surface area contributed by atoms with Crippen molar-refractivity contribution in [3.05, 3.63) is 65.4 Å². The highest BCUT2D eigenvalue weighted by atomic mass is 19.1. The van der Waals surface area contributed by atoms with E-state index in [1.807, 2.05) is 25.1 Å². The van der Waals surface area contributed by atoms with E-state index in [1.54, 1.807) is 18.3 Å². The highest BCUT2D eigenvalue weighted by Crippen LogP contribution is 2.24. The number of nitrogens with zero attached hydrogens (tertiary/aromatic N) is 2. The number of carbonyl (C=O) groups excluding carboxylic acids is 1. The maximum atomic E-state index is 13.5. The van der Waals surface area contributed by atoms with Crippen molar-refractivity contribution in [1.29, 1.82) is 0 Å². The second-order valence-electron chi connectivity index (χ2n) is 7.20. The summed E-state index contributed by atoms with van der Waals surface area (Å²) in [5, 5.41) is 7.15. The van der Waals surface area contributed by atoms with Gasteiger partial charge in [-0.15, -0.1) is 0 Å². The Balaban J connectivity index is 1.38. The molecule has 1 aromatic carbocycles. The quantitative estimate of drug-likeness (QED) is 0.633. The molecule has 0 unspecified atom stereocenters. The van der Waals surface area contributed by atoms with Crippen molar-refractivity contribution in [2.45, 2.75) is 26.1 Å². The fraction of sp³-hybridized carbons (Fsp3) is 0.333. The lowest BCUT2D eigenvalue weighted by Crippen LogP contribution is -2.56. The second kappa shape index (κ2) is 8.08. The van der Waals surface area contributed by atoms with Gasteiger partial charge < -0.3 is 15.6 Å². The smallest absolute Gasteiger partial charge is 0.238 e. The summed E-state index contributed by atoms with van der Waals surface area (Å²) in [6.07, 6.45) is 1.72. The predicted molar refractivity (Wildman–Crippen MR) is 106 cm³/mol. The van der Waals surface area contributed by atoms with Crippen LogP contribution in [0.3, 0.4) is 0 Å². The van der Waals surface area contributed by atoms with Gasteiger partial charge in [-0.25, -0.2) is 4.39 Å². The first-order chi connectivity index (χ1) is 13.6. The summed E-state index contributed by atoms with van der Waals surface area (Å²) in [6.45, 7) is 5.35. The standard InChI is InChI=1S/C21H24FN5O/c1-14-17-10-15(22)5-6-18(17)26-19(14)12-27-9-8-24-20(13-27)21(28)25-11-16-4-2-3-7-23-16/h2-7,10,20,24,26H,8-9,11-13H2,1H3,(H,25,28)/t20-/m1/s1. The van der Waals surface area contributed by atoms with E-state index in [-0.39, 0.29) is 17.8 Å². The highest BCUT2D eigenvalue weighted by molar-refractivity contribution is 5.84. The Hall–Kier alpha value is -2.77. The summed E-state index contributed by atoms with van der Waals surface area (Å²) < 4.78 is 13.5. The summed E-state index contributed by atoms with van der Waals surface area (Å²) in [5.41, 5.74) is 3.90. The van der Waals surface area contributed by atoms with Crippen LogP contribution in [0.15, 0.2) is 42.6 Å². The van der Waals surface area contributed by atoms with Crippen LogP contribution in [-0.2, 0) is 17.9 Å². The zero-order chi connectivity index (χ0) is 19.5. The Kier molecular flexibility index (Phi) is 5.36. The molecule has 0 aliphatic carbocycles. The lowest BCUT2D eigenvalue weighted by Gasteiger charge is -2.32. The fourth-order valence-electron chi connectivity index (χ4n) is 3.67. The van der Waals surface area contributed by atoms with Crippen LogP contribution in [0.25, 0.3) is 10.9 Å². The van der Waals surface area contributed by atoms with Gasteiger partial charge in [-0.05, 0) is 42.8 Å². The Morgan fingerprint density at radius 1 is 1.36 bits per heavy atom. The first kappa shape index (κ1) is 18.6. The van der Waals surface area contributed by atoms with E-state index in [4.69, 9.17) is 0 Å². The molecule has 1 amide bonds. The van der Waals surface area contributed by atoms with Gasteiger partial charge in [-0.1, -0.05) is 6.07 Å². The van der Waals surface area contributed by atoms with E-state index in [2.05, 4.69) is 25.5 Å². The van der Waals surface area contributed by atoms with Crippen molar-refractivity contribution in [2.75, 3.05) is 19.6 Å². The third-order valence-electron chi connectivity index (χ3n) is 5.25.